The van der Waals surface area contributed by atoms with Crippen LogP contribution in [-0.2, 0) is 10.0 Å². The molecule has 2 aliphatic heterocycles. The number of hydrogen-bond acceptors (Lipinski definition) is 4. The predicted molar refractivity (Wildman–Crippen MR) is 72.1 cm³/mol. The molecule has 5 nitrogen and oxygen atoms in total. The zero-order valence-electron chi connectivity index (χ0n) is 11.1. The Hall–Kier alpha value is -1.05. The fourth-order valence-electron chi connectivity index (χ4n) is 3.18. The van der Waals surface area contributed by atoms with Crippen LogP contribution in [0.25, 0.3) is 0 Å². The van der Waals surface area contributed by atoms with Crippen LogP contribution in [0.1, 0.15) is 25.7 Å². The fraction of sp³-hybridized carbons (Fsp3) is 0.615. The highest BCUT2D eigenvalue weighted by atomic mass is 32.2. The molecule has 2 saturated heterocycles. The van der Waals surface area contributed by atoms with Crippen LogP contribution in [0.3, 0.4) is 0 Å². The van der Waals surface area contributed by atoms with Crippen molar-refractivity contribution in [3.05, 3.63) is 24.3 Å². The van der Waals surface area contributed by atoms with Gasteiger partial charge in [-0.1, -0.05) is 0 Å². The van der Waals surface area contributed by atoms with Crippen molar-refractivity contribution >= 4 is 10.0 Å². The number of nitrogens with zero attached hydrogens (tertiary/aromatic N) is 2. The van der Waals surface area contributed by atoms with Gasteiger partial charge in [0.25, 0.3) is 0 Å². The minimum atomic E-state index is -3.66. The van der Waals surface area contributed by atoms with Crippen molar-refractivity contribution < 1.29 is 12.8 Å². The van der Waals surface area contributed by atoms with Crippen molar-refractivity contribution in [1.29, 1.82) is 0 Å². The van der Waals surface area contributed by atoms with E-state index in [0.29, 0.717) is 6.54 Å². The van der Waals surface area contributed by atoms with E-state index in [0.717, 1.165) is 44.5 Å². The summed E-state index contributed by atoms with van der Waals surface area (Å²) in [5.74, 6) is -0.624. The highest BCUT2D eigenvalue weighted by molar-refractivity contribution is 7.89. The number of halogens is 1. The number of nitrogens with one attached hydrogen (secondary N) is 1. The highest BCUT2D eigenvalue weighted by Crippen LogP contribution is 2.30. The maximum Gasteiger partial charge on any atom is 0.245 e. The van der Waals surface area contributed by atoms with Crippen LogP contribution < -0.4 is 5.32 Å². The van der Waals surface area contributed by atoms with Crippen molar-refractivity contribution in [2.45, 2.75) is 42.7 Å². The van der Waals surface area contributed by atoms with E-state index in [9.17, 15) is 12.8 Å². The Morgan fingerprint density at radius 1 is 1.30 bits per heavy atom. The largest absolute Gasteiger partial charge is 0.312 e. The van der Waals surface area contributed by atoms with Gasteiger partial charge in [-0.25, -0.2) is 12.8 Å². The number of pyridine rings is 1. The van der Waals surface area contributed by atoms with Crippen molar-refractivity contribution in [3.8, 4) is 0 Å². The lowest BCUT2D eigenvalue weighted by Gasteiger charge is -2.28. The van der Waals surface area contributed by atoms with Gasteiger partial charge >= 0.3 is 0 Å². The summed E-state index contributed by atoms with van der Waals surface area (Å²) >= 11 is 0. The third-order valence-corrected chi connectivity index (χ3v) is 5.99. The van der Waals surface area contributed by atoms with Crippen LogP contribution in [0.15, 0.2) is 23.4 Å². The molecule has 110 valence electrons. The smallest absolute Gasteiger partial charge is 0.245 e. The Labute approximate surface area is 118 Å². The molecule has 0 bridgehead atoms. The lowest BCUT2D eigenvalue weighted by Crippen LogP contribution is -2.46. The van der Waals surface area contributed by atoms with E-state index in [1.807, 2.05) is 0 Å². The summed E-state index contributed by atoms with van der Waals surface area (Å²) in [5.41, 5.74) is 0. The molecule has 1 aromatic rings. The average Bonchev–Trinajstić information content (AvgIpc) is 3.09. The van der Waals surface area contributed by atoms with Crippen molar-refractivity contribution in [2.24, 2.45) is 0 Å². The third kappa shape index (κ3) is 2.45. The summed E-state index contributed by atoms with van der Waals surface area (Å²) in [6.07, 6.45) is 6.02. The Bertz CT molecular complexity index is 587. The van der Waals surface area contributed by atoms with Crippen LogP contribution in [0.2, 0.25) is 0 Å². The molecule has 3 heterocycles. The van der Waals surface area contributed by atoms with E-state index in [1.165, 1.54) is 10.5 Å². The molecule has 0 radical (unpaired) electrons. The SMILES string of the molecule is O=S(=O)(c1cncc(F)c1)N1CCCC1C1CCCN1. The zero-order valence-corrected chi connectivity index (χ0v) is 11.9. The molecular weight excluding hydrogens is 281 g/mol. The van der Waals surface area contributed by atoms with Gasteiger partial charge in [-0.3, -0.25) is 4.98 Å². The molecule has 0 amide bonds. The van der Waals surface area contributed by atoms with E-state index >= 15 is 0 Å². The van der Waals surface area contributed by atoms with E-state index < -0.39 is 15.8 Å². The fourth-order valence-corrected chi connectivity index (χ4v) is 4.88. The summed E-state index contributed by atoms with van der Waals surface area (Å²) in [6.45, 7) is 1.44. The Balaban J connectivity index is 1.89. The first kappa shape index (κ1) is 13.9. The second kappa shape index (κ2) is 5.38. The normalized spacial score (nSPS) is 28.1. The summed E-state index contributed by atoms with van der Waals surface area (Å²) in [5, 5.41) is 3.37. The molecule has 2 unspecified atom stereocenters. The van der Waals surface area contributed by atoms with Crippen LogP contribution in [0, 0.1) is 5.82 Å². The second-order valence-corrected chi connectivity index (χ2v) is 7.26. The van der Waals surface area contributed by atoms with Gasteiger partial charge < -0.3 is 5.32 Å². The van der Waals surface area contributed by atoms with Gasteiger partial charge in [-0.05, 0) is 38.3 Å². The summed E-state index contributed by atoms with van der Waals surface area (Å²) < 4.78 is 40.0. The van der Waals surface area contributed by atoms with Gasteiger partial charge in [-0.2, -0.15) is 4.31 Å². The van der Waals surface area contributed by atoms with E-state index in [-0.39, 0.29) is 17.0 Å². The third-order valence-electron chi connectivity index (χ3n) is 4.10. The van der Waals surface area contributed by atoms with E-state index in [1.54, 1.807) is 0 Å². The molecule has 2 atom stereocenters. The molecule has 1 aromatic heterocycles. The second-order valence-electron chi connectivity index (χ2n) is 5.37. The summed E-state index contributed by atoms with van der Waals surface area (Å²) in [7, 11) is -3.66. The molecule has 0 saturated carbocycles. The van der Waals surface area contributed by atoms with Gasteiger partial charge in [0.1, 0.15) is 10.7 Å². The topological polar surface area (TPSA) is 62.3 Å². The number of hydrogen-bond donors (Lipinski definition) is 1. The molecule has 2 aliphatic rings. The van der Waals surface area contributed by atoms with Gasteiger partial charge in [-0.15, -0.1) is 0 Å². The molecule has 2 fully saturated rings. The minimum absolute atomic E-state index is 0.0224. The van der Waals surface area contributed by atoms with Crippen LogP contribution >= 0.6 is 0 Å². The number of sulfonamides is 1. The maximum absolute atomic E-state index is 13.2. The summed E-state index contributed by atoms with van der Waals surface area (Å²) in [4.78, 5) is 3.59. The van der Waals surface area contributed by atoms with E-state index in [4.69, 9.17) is 0 Å². The van der Waals surface area contributed by atoms with Crippen LogP contribution in [0.4, 0.5) is 4.39 Å². The van der Waals surface area contributed by atoms with Crippen molar-refractivity contribution in [2.75, 3.05) is 13.1 Å². The molecule has 7 heteroatoms. The highest BCUT2D eigenvalue weighted by Gasteiger charge is 2.40. The zero-order chi connectivity index (χ0) is 14.2. The van der Waals surface area contributed by atoms with Crippen molar-refractivity contribution in [1.82, 2.24) is 14.6 Å². The number of rotatable bonds is 3. The molecule has 0 aromatic carbocycles. The lowest BCUT2D eigenvalue weighted by atomic mass is 10.1. The molecule has 3 rings (SSSR count). The van der Waals surface area contributed by atoms with Gasteiger partial charge in [0.05, 0.1) is 6.20 Å². The quantitative estimate of drug-likeness (QED) is 0.909. The first-order chi connectivity index (χ1) is 9.59. The minimum Gasteiger partial charge on any atom is -0.312 e. The number of aromatic nitrogens is 1. The standard InChI is InChI=1S/C13H18FN3O2S/c14-10-7-11(9-15-8-10)20(18,19)17-6-2-4-13(17)12-3-1-5-16-12/h7-9,12-13,16H,1-6H2. The van der Waals surface area contributed by atoms with Gasteiger partial charge in [0.15, 0.2) is 0 Å². The van der Waals surface area contributed by atoms with Crippen LogP contribution in [0.5, 0.6) is 0 Å². The molecular formula is C13H18FN3O2S. The molecule has 0 aliphatic carbocycles. The maximum atomic E-state index is 13.2. The first-order valence-corrected chi connectivity index (χ1v) is 8.39. The summed E-state index contributed by atoms with van der Waals surface area (Å²) in [6, 6.07) is 1.24. The Kier molecular flexibility index (Phi) is 3.74. The molecule has 0 spiro atoms. The molecule has 1 N–H and O–H groups in total. The molecule has 20 heavy (non-hydrogen) atoms. The predicted octanol–water partition coefficient (Wildman–Crippen LogP) is 1.13. The first-order valence-electron chi connectivity index (χ1n) is 6.95. The van der Waals surface area contributed by atoms with Gasteiger partial charge in [0, 0.05) is 24.8 Å². The Morgan fingerprint density at radius 2 is 2.15 bits per heavy atom. The average molecular weight is 299 g/mol. The van der Waals surface area contributed by atoms with Crippen LogP contribution in [-0.4, -0.2) is 42.9 Å². The Morgan fingerprint density at radius 3 is 2.85 bits per heavy atom. The monoisotopic (exact) mass is 299 g/mol. The lowest BCUT2D eigenvalue weighted by molar-refractivity contribution is 0.321. The van der Waals surface area contributed by atoms with Crippen molar-refractivity contribution in [3.63, 3.8) is 0 Å². The van der Waals surface area contributed by atoms with Gasteiger partial charge in [0.2, 0.25) is 10.0 Å². The van der Waals surface area contributed by atoms with E-state index in [2.05, 4.69) is 10.3 Å².